The molecule has 0 spiro atoms. The quantitative estimate of drug-likeness (QED) is 0.841. The summed E-state index contributed by atoms with van der Waals surface area (Å²) in [4.78, 5) is 14.4. The van der Waals surface area contributed by atoms with E-state index in [9.17, 15) is 4.79 Å². The summed E-state index contributed by atoms with van der Waals surface area (Å²) >= 11 is 0. The molecule has 1 amide bonds. The zero-order valence-electron chi connectivity index (χ0n) is 11.4. The van der Waals surface area contributed by atoms with Crippen molar-refractivity contribution in [2.24, 2.45) is 17.6 Å². The number of likely N-dealkylation sites (tertiary alicyclic amines) is 1. The Hall–Kier alpha value is -0.280. The summed E-state index contributed by atoms with van der Waals surface area (Å²) in [7, 11) is 0. The molecule has 4 heteroatoms. The van der Waals surface area contributed by atoms with Crippen LogP contribution in [0.2, 0.25) is 0 Å². The molecular formula is C14H27ClN2O. The SMILES string of the molecule is CCC1CCC(C(=O)N2CCCC(N)C2)CC1.Cl. The minimum atomic E-state index is 0. The molecule has 1 saturated carbocycles. The van der Waals surface area contributed by atoms with Crippen LogP contribution in [-0.4, -0.2) is 29.9 Å². The highest BCUT2D eigenvalue weighted by Crippen LogP contribution is 2.32. The molecule has 0 aromatic heterocycles. The van der Waals surface area contributed by atoms with Crippen molar-refractivity contribution in [1.82, 2.24) is 4.90 Å². The van der Waals surface area contributed by atoms with Crippen LogP contribution >= 0.6 is 12.4 Å². The predicted molar refractivity (Wildman–Crippen MR) is 76.8 cm³/mol. The van der Waals surface area contributed by atoms with Gasteiger partial charge in [0.05, 0.1) is 0 Å². The van der Waals surface area contributed by atoms with Gasteiger partial charge in [-0.05, 0) is 44.4 Å². The van der Waals surface area contributed by atoms with Crippen LogP contribution in [0.4, 0.5) is 0 Å². The van der Waals surface area contributed by atoms with E-state index in [2.05, 4.69) is 6.92 Å². The Labute approximate surface area is 117 Å². The van der Waals surface area contributed by atoms with E-state index in [0.29, 0.717) is 11.8 Å². The summed E-state index contributed by atoms with van der Waals surface area (Å²) in [5.41, 5.74) is 5.94. The summed E-state index contributed by atoms with van der Waals surface area (Å²) in [6.45, 7) is 3.98. The lowest BCUT2D eigenvalue weighted by Gasteiger charge is -2.35. The first-order chi connectivity index (χ1) is 8.20. The fourth-order valence-corrected chi connectivity index (χ4v) is 3.29. The van der Waals surface area contributed by atoms with Gasteiger partial charge in [-0.2, -0.15) is 0 Å². The predicted octanol–water partition coefficient (Wildman–Crippen LogP) is 2.57. The first-order valence-corrected chi connectivity index (χ1v) is 7.25. The molecule has 106 valence electrons. The highest BCUT2D eigenvalue weighted by atomic mass is 35.5. The molecule has 1 aliphatic carbocycles. The third-order valence-electron chi connectivity index (χ3n) is 4.54. The minimum absolute atomic E-state index is 0. The topological polar surface area (TPSA) is 46.3 Å². The van der Waals surface area contributed by atoms with Gasteiger partial charge in [0.15, 0.2) is 0 Å². The van der Waals surface area contributed by atoms with Gasteiger partial charge in [0.25, 0.3) is 0 Å². The Morgan fingerprint density at radius 2 is 1.89 bits per heavy atom. The molecule has 1 heterocycles. The molecule has 3 nitrogen and oxygen atoms in total. The summed E-state index contributed by atoms with van der Waals surface area (Å²) in [5, 5.41) is 0. The summed E-state index contributed by atoms with van der Waals surface area (Å²) in [5.74, 6) is 1.54. The van der Waals surface area contributed by atoms with E-state index in [1.54, 1.807) is 0 Å². The smallest absolute Gasteiger partial charge is 0.225 e. The zero-order chi connectivity index (χ0) is 12.3. The maximum Gasteiger partial charge on any atom is 0.225 e. The first kappa shape index (κ1) is 15.8. The van der Waals surface area contributed by atoms with Gasteiger partial charge in [0.2, 0.25) is 5.91 Å². The molecule has 1 unspecified atom stereocenters. The van der Waals surface area contributed by atoms with Crippen LogP contribution in [0.25, 0.3) is 0 Å². The van der Waals surface area contributed by atoms with E-state index in [1.165, 1.54) is 19.3 Å². The average Bonchev–Trinajstić information content (AvgIpc) is 2.38. The molecule has 18 heavy (non-hydrogen) atoms. The van der Waals surface area contributed by atoms with Gasteiger partial charge >= 0.3 is 0 Å². The maximum atomic E-state index is 12.4. The number of carbonyl (C=O) groups excluding carboxylic acids is 1. The third kappa shape index (κ3) is 3.86. The highest BCUT2D eigenvalue weighted by Gasteiger charge is 2.30. The molecule has 0 bridgehead atoms. The molecule has 2 aliphatic rings. The fraction of sp³-hybridized carbons (Fsp3) is 0.929. The van der Waals surface area contributed by atoms with Gasteiger partial charge in [-0.25, -0.2) is 0 Å². The number of halogens is 1. The average molecular weight is 275 g/mol. The van der Waals surface area contributed by atoms with E-state index in [0.717, 1.165) is 44.7 Å². The van der Waals surface area contributed by atoms with E-state index in [-0.39, 0.29) is 18.4 Å². The van der Waals surface area contributed by atoms with Crippen LogP contribution in [0.1, 0.15) is 51.9 Å². The van der Waals surface area contributed by atoms with Crippen molar-refractivity contribution in [2.75, 3.05) is 13.1 Å². The third-order valence-corrected chi connectivity index (χ3v) is 4.54. The second-order valence-corrected chi connectivity index (χ2v) is 5.81. The monoisotopic (exact) mass is 274 g/mol. The lowest BCUT2D eigenvalue weighted by molar-refractivity contribution is -0.138. The van der Waals surface area contributed by atoms with Crippen LogP contribution in [0.15, 0.2) is 0 Å². The van der Waals surface area contributed by atoms with Crippen molar-refractivity contribution < 1.29 is 4.79 Å². The molecule has 2 rings (SSSR count). The standard InChI is InChI=1S/C14H26N2O.ClH/c1-2-11-5-7-12(8-6-11)14(17)16-9-3-4-13(15)10-16;/h11-13H,2-10,15H2,1H3;1H. The number of nitrogens with zero attached hydrogens (tertiary/aromatic N) is 1. The van der Waals surface area contributed by atoms with Crippen LogP contribution in [0, 0.1) is 11.8 Å². The van der Waals surface area contributed by atoms with E-state index >= 15 is 0 Å². The number of amides is 1. The Morgan fingerprint density at radius 3 is 2.44 bits per heavy atom. The van der Waals surface area contributed by atoms with Crippen molar-refractivity contribution >= 4 is 18.3 Å². The Bertz CT molecular complexity index is 265. The molecule has 2 fully saturated rings. The Balaban J connectivity index is 0.00000162. The molecule has 1 atom stereocenters. The molecule has 2 N–H and O–H groups in total. The highest BCUT2D eigenvalue weighted by molar-refractivity contribution is 5.85. The summed E-state index contributed by atoms with van der Waals surface area (Å²) in [6, 6.07) is 0.208. The Morgan fingerprint density at radius 1 is 1.22 bits per heavy atom. The normalized spacial score (nSPS) is 32.8. The zero-order valence-corrected chi connectivity index (χ0v) is 12.3. The second-order valence-electron chi connectivity index (χ2n) is 5.81. The number of rotatable bonds is 2. The maximum absolute atomic E-state index is 12.4. The van der Waals surface area contributed by atoms with Gasteiger partial charge in [0.1, 0.15) is 0 Å². The Kier molecular flexibility index (Phi) is 6.44. The minimum Gasteiger partial charge on any atom is -0.341 e. The molecule has 1 aliphatic heterocycles. The number of piperidine rings is 1. The van der Waals surface area contributed by atoms with Crippen LogP contribution in [-0.2, 0) is 4.79 Å². The fourth-order valence-electron chi connectivity index (χ4n) is 3.29. The van der Waals surface area contributed by atoms with Crippen molar-refractivity contribution in [3.05, 3.63) is 0 Å². The molecule has 1 saturated heterocycles. The summed E-state index contributed by atoms with van der Waals surface area (Å²) < 4.78 is 0. The number of carbonyl (C=O) groups is 1. The van der Waals surface area contributed by atoms with E-state index in [1.807, 2.05) is 4.90 Å². The van der Waals surface area contributed by atoms with Crippen molar-refractivity contribution in [3.63, 3.8) is 0 Å². The first-order valence-electron chi connectivity index (χ1n) is 7.25. The molecule has 0 aromatic rings. The molecule has 0 radical (unpaired) electrons. The van der Waals surface area contributed by atoms with Gasteiger partial charge in [-0.1, -0.05) is 13.3 Å². The molecule has 0 aromatic carbocycles. The number of hydrogen-bond donors (Lipinski definition) is 1. The van der Waals surface area contributed by atoms with Gasteiger partial charge in [0, 0.05) is 25.0 Å². The van der Waals surface area contributed by atoms with Gasteiger partial charge in [-0.15, -0.1) is 12.4 Å². The van der Waals surface area contributed by atoms with Gasteiger partial charge < -0.3 is 10.6 Å². The lowest BCUT2D eigenvalue weighted by Crippen LogP contribution is -2.48. The van der Waals surface area contributed by atoms with Gasteiger partial charge in [-0.3, -0.25) is 4.79 Å². The summed E-state index contributed by atoms with van der Waals surface area (Å²) in [6.07, 6.45) is 8.12. The van der Waals surface area contributed by atoms with Crippen molar-refractivity contribution in [1.29, 1.82) is 0 Å². The largest absolute Gasteiger partial charge is 0.341 e. The van der Waals surface area contributed by atoms with Crippen molar-refractivity contribution in [3.8, 4) is 0 Å². The number of hydrogen-bond acceptors (Lipinski definition) is 2. The number of nitrogens with two attached hydrogens (primary N) is 1. The van der Waals surface area contributed by atoms with Crippen LogP contribution in [0.3, 0.4) is 0 Å². The van der Waals surface area contributed by atoms with E-state index in [4.69, 9.17) is 5.73 Å². The van der Waals surface area contributed by atoms with Crippen LogP contribution in [0.5, 0.6) is 0 Å². The van der Waals surface area contributed by atoms with Crippen molar-refractivity contribution in [2.45, 2.75) is 57.9 Å². The second kappa shape index (κ2) is 7.34. The van der Waals surface area contributed by atoms with Crippen LogP contribution < -0.4 is 5.73 Å². The lowest BCUT2D eigenvalue weighted by atomic mass is 9.80. The van der Waals surface area contributed by atoms with E-state index < -0.39 is 0 Å². The molecular weight excluding hydrogens is 248 g/mol.